The van der Waals surface area contributed by atoms with Gasteiger partial charge < -0.3 is 5.32 Å². The van der Waals surface area contributed by atoms with E-state index >= 15 is 0 Å². The van der Waals surface area contributed by atoms with Gasteiger partial charge in [-0.25, -0.2) is 0 Å². The van der Waals surface area contributed by atoms with E-state index in [0.29, 0.717) is 5.69 Å². The highest BCUT2D eigenvalue weighted by Crippen LogP contribution is 2.32. The molecule has 0 aromatic heterocycles. The van der Waals surface area contributed by atoms with Gasteiger partial charge in [-0.3, -0.25) is 10.1 Å². The first-order valence-corrected chi connectivity index (χ1v) is 7.36. The predicted molar refractivity (Wildman–Crippen MR) is 78.8 cm³/mol. The van der Waals surface area contributed by atoms with Gasteiger partial charge >= 0.3 is 5.69 Å². The van der Waals surface area contributed by atoms with Gasteiger partial charge in [0.1, 0.15) is 10.7 Å². The number of benzene rings is 1. The van der Waals surface area contributed by atoms with Gasteiger partial charge in [0.05, 0.1) is 4.92 Å². The Morgan fingerprint density at radius 2 is 2.28 bits per heavy atom. The molecule has 1 atom stereocenters. The number of nitrogens with zero attached hydrogens (tertiary/aromatic N) is 1. The minimum absolute atomic E-state index is 0.0471. The van der Waals surface area contributed by atoms with E-state index in [0.717, 1.165) is 17.9 Å². The summed E-state index contributed by atoms with van der Waals surface area (Å²) in [6.45, 7) is 4.13. The molecule has 0 radical (unpaired) electrons. The van der Waals surface area contributed by atoms with Gasteiger partial charge in [-0.15, -0.1) is 0 Å². The fourth-order valence-electron chi connectivity index (χ4n) is 1.56. The summed E-state index contributed by atoms with van der Waals surface area (Å²) in [5, 5.41) is 14.3. The van der Waals surface area contributed by atoms with Gasteiger partial charge in [0.25, 0.3) is 0 Å². The van der Waals surface area contributed by atoms with Gasteiger partial charge in [-0.2, -0.15) is 11.8 Å². The summed E-state index contributed by atoms with van der Waals surface area (Å²) >= 11 is 7.71. The van der Waals surface area contributed by atoms with Crippen LogP contribution in [0.1, 0.15) is 20.3 Å². The summed E-state index contributed by atoms with van der Waals surface area (Å²) in [5.41, 5.74) is 0.440. The van der Waals surface area contributed by atoms with Crippen molar-refractivity contribution in [3.8, 4) is 0 Å². The third-order valence-corrected chi connectivity index (χ3v) is 3.71. The molecule has 0 bridgehead atoms. The van der Waals surface area contributed by atoms with Gasteiger partial charge in [0.2, 0.25) is 0 Å². The number of hydrogen-bond acceptors (Lipinski definition) is 4. The van der Waals surface area contributed by atoms with Crippen LogP contribution in [0.2, 0.25) is 5.02 Å². The molecule has 0 aliphatic heterocycles. The molecular formula is C12H17ClN2O2S. The highest BCUT2D eigenvalue weighted by Gasteiger charge is 2.19. The van der Waals surface area contributed by atoms with Gasteiger partial charge in [-0.05, 0) is 37.0 Å². The quantitative estimate of drug-likeness (QED) is 0.464. The zero-order chi connectivity index (χ0) is 13.5. The van der Waals surface area contributed by atoms with Crippen LogP contribution in [-0.4, -0.2) is 22.5 Å². The Labute approximate surface area is 116 Å². The smallest absolute Gasteiger partial charge is 0.310 e. The van der Waals surface area contributed by atoms with E-state index in [1.54, 1.807) is 12.1 Å². The topological polar surface area (TPSA) is 55.2 Å². The Morgan fingerprint density at radius 3 is 2.89 bits per heavy atom. The van der Waals surface area contributed by atoms with E-state index in [1.165, 1.54) is 6.07 Å². The van der Waals surface area contributed by atoms with Crippen molar-refractivity contribution in [3.05, 3.63) is 33.3 Å². The van der Waals surface area contributed by atoms with Crippen LogP contribution in [0.5, 0.6) is 0 Å². The Hall–Kier alpha value is -0.940. The lowest BCUT2D eigenvalue weighted by molar-refractivity contribution is -0.383. The molecule has 6 heteroatoms. The van der Waals surface area contributed by atoms with Crippen LogP contribution in [0.25, 0.3) is 0 Å². The summed E-state index contributed by atoms with van der Waals surface area (Å²) in [7, 11) is 0. The lowest BCUT2D eigenvalue weighted by Crippen LogP contribution is -2.17. The number of nitro benzene ring substituents is 1. The Balaban J connectivity index is 2.72. The number of nitro groups is 1. The number of anilines is 1. The standard InChI is InChI=1S/C12H17ClN2O2S/c1-3-18-8-7-9(2)14-11-6-4-5-10(13)12(11)15(16)17/h4-6,9,14H,3,7-8H2,1-2H3. The van der Waals surface area contributed by atoms with Crippen LogP contribution in [0.3, 0.4) is 0 Å². The third kappa shape index (κ3) is 4.38. The first-order chi connectivity index (χ1) is 8.56. The summed E-state index contributed by atoms with van der Waals surface area (Å²) in [4.78, 5) is 10.5. The predicted octanol–water partition coefficient (Wildman–Crippen LogP) is 4.19. The van der Waals surface area contributed by atoms with E-state index < -0.39 is 4.92 Å². The molecule has 1 unspecified atom stereocenters. The SMILES string of the molecule is CCSCCC(C)Nc1cccc(Cl)c1[N+](=O)[O-]. The summed E-state index contributed by atoms with van der Waals surface area (Å²) in [6, 6.07) is 5.11. The number of hydrogen-bond donors (Lipinski definition) is 1. The number of thioether (sulfide) groups is 1. The summed E-state index contributed by atoms with van der Waals surface area (Å²) in [5.74, 6) is 2.13. The molecule has 4 nitrogen and oxygen atoms in total. The lowest BCUT2D eigenvalue weighted by Gasteiger charge is -2.15. The molecule has 0 amide bonds. The second-order valence-electron chi connectivity index (χ2n) is 3.92. The van der Waals surface area contributed by atoms with Crippen molar-refractivity contribution in [1.29, 1.82) is 0 Å². The minimum atomic E-state index is -0.446. The number of halogens is 1. The molecule has 0 aliphatic rings. The average molecular weight is 289 g/mol. The molecule has 1 N–H and O–H groups in total. The van der Waals surface area contributed by atoms with Crippen molar-refractivity contribution >= 4 is 34.7 Å². The molecule has 0 saturated heterocycles. The van der Waals surface area contributed by atoms with Crippen LogP contribution in [-0.2, 0) is 0 Å². The van der Waals surface area contributed by atoms with E-state index in [1.807, 2.05) is 18.7 Å². The van der Waals surface area contributed by atoms with Crippen LogP contribution >= 0.6 is 23.4 Å². The van der Waals surface area contributed by atoms with Gasteiger partial charge in [0.15, 0.2) is 0 Å². The maximum atomic E-state index is 11.0. The molecule has 0 heterocycles. The molecular weight excluding hydrogens is 272 g/mol. The Kier molecular flexibility index (Phi) is 6.29. The first kappa shape index (κ1) is 15.1. The molecule has 1 rings (SSSR count). The van der Waals surface area contributed by atoms with Crippen molar-refractivity contribution in [2.24, 2.45) is 0 Å². The van der Waals surface area contributed by atoms with E-state index in [9.17, 15) is 10.1 Å². The van der Waals surface area contributed by atoms with E-state index in [4.69, 9.17) is 11.6 Å². The number of nitrogens with one attached hydrogen (secondary N) is 1. The van der Waals surface area contributed by atoms with Crippen LogP contribution < -0.4 is 5.32 Å². The monoisotopic (exact) mass is 288 g/mol. The fourth-order valence-corrected chi connectivity index (χ4v) is 2.61. The largest absolute Gasteiger partial charge is 0.377 e. The Morgan fingerprint density at radius 1 is 1.56 bits per heavy atom. The second-order valence-corrected chi connectivity index (χ2v) is 5.73. The Bertz CT molecular complexity index is 415. The average Bonchev–Trinajstić information content (AvgIpc) is 2.28. The third-order valence-electron chi connectivity index (χ3n) is 2.47. The van der Waals surface area contributed by atoms with Crippen molar-refractivity contribution in [3.63, 3.8) is 0 Å². The van der Waals surface area contributed by atoms with E-state index in [-0.39, 0.29) is 16.8 Å². The lowest BCUT2D eigenvalue weighted by atomic mass is 10.2. The van der Waals surface area contributed by atoms with Crippen molar-refractivity contribution in [2.45, 2.75) is 26.3 Å². The normalized spacial score (nSPS) is 12.2. The minimum Gasteiger partial charge on any atom is -0.377 e. The molecule has 0 spiro atoms. The summed E-state index contributed by atoms with van der Waals surface area (Å²) in [6.07, 6.45) is 0.960. The highest BCUT2D eigenvalue weighted by molar-refractivity contribution is 7.99. The van der Waals surface area contributed by atoms with Crippen LogP contribution in [0.15, 0.2) is 18.2 Å². The van der Waals surface area contributed by atoms with E-state index in [2.05, 4.69) is 12.2 Å². The highest BCUT2D eigenvalue weighted by atomic mass is 35.5. The number of para-hydroxylation sites is 1. The maximum absolute atomic E-state index is 11.0. The van der Waals surface area contributed by atoms with Crippen molar-refractivity contribution < 1.29 is 4.92 Å². The van der Waals surface area contributed by atoms with Crippen LogP contribution in [0.4, 0.5) is 11.4 Å². The molecule has 1 aromatic carbocycles. The van der Waals surface area contributed by atoms with Gasteiger partial charge in [0, 0.05) is 6.04 Å². The number of rotatable bonds is 7. The van der Waals surface area contributed by atoms with Crippen LogP contribution in [0, 0.1) is 10.1 Å². The molecule has 18 heavy (non-hydrogen) atoms. The molecule has 0 fully saturated rings. The zero-order valence-electron chi connectivity index (χ0n) is 10.5. The summed E-state index contributed by atoms with van der Waals surface area (Å²) < 4.78 is 0. The first-order valence-electron chi connectivity index (χ1n) is 5.83. The van der Waals surface area contributed by atoms with Gasteiger partial charge in [-0.1, -0.05) is 24.6 Å². The van der Waals surface area contributed by atoms with Crippen molar-refractivity contribution in [2.75, 3.05) is 16.8 Å². The maximum Gasteiger partial charge on any atom is 0.310 e. The molecule has 1 aromatic rings. The zero-order valence-corrected chi connectivity index (χ0v) is 12.1. The molecule has 0 saturated carbocycles. The molecule has 100 valence electrons. The molecule has 0 aliphatic carbocycles. The fraction of sp³-hybridized carbons (Fsp3) is 0.500. The van der Waals surface area contributed by atoms with Crippen molar-refractivity contribution in [1.82, 2.24) is 0 Å². The second kappa shape index (κ2) is 7.48.